The number of amides is 1. The molecule has 2 aromatic heterocycles. The highest BCUT2D eigenvalue weighted by molar-refractivity contribution is 5.94. The lowest BCUT2D eigenvalue weighted by molar-refractivity contribution is -0.0760. The number of nitrogens with zero attached hydrogens (tertiary/aromatic N) is 3. The Labute approximate surface area is 181 Å². The highest BCUT2D eigenvalue weighted by atomic mass is 16.5. The molecule has 1 amide bonds. The summed E-state index contributed by atoms with van der Waals surface area (Å²) in [6, 6.07) is 5.47. The van der Waals surface area contributed by atoms with Crippen molar-refractivity contribution in [3.05, 3.63) is 36.2 Å². The van der Waals surface area contributed by atoms with E-state index in [1.807, 2.05) is 19.9 Å². The van der Waals surface area contributed by atoms with E-state index in [1.165, 1.54) is 0 Å². The zero-order valence-corrected chi connectivity index (χ0v) is 18.0. The second-order valence-electron chi connectivity index (χ2n) is 9.56. The van der Waals surface area contributed by atoms with Gasteiger partial charge in [0.1, 0.15) is 17.5 Å². The van der Waals surface area contributed by atoms with Crippen LogP contribution < -0.4 is 21.1 Å². The smallest absolute Gasteiger partial charge is 0.254 e. The van der Waals surface area contributed by atoms with Gasteiger partial charge in [-0.1, -0.05) is 13.8 Å². The molecule has 31 heavy (non-hydrogen) atoms. The van der Waals surface area contributed by atoms with Crippen LogP contribution >= 0.6 is 0 Å². The first kappa shape index (κ1) is 21.3. The summed E-state index contributed by atoms with van der Waals surface area (Å²) in [6.45, 7) is 4.72. The van der Waals surface area contributed by atoms with Gasteiger partial charge in [-0.2, -0.15) is 4.98 Å². The number of hydrogen-bond donors (Lipinski definition) is 4. The molecule has 1 spiro atoms. The quantitative estimate of drug-likeness (QED) is 0.479. The minimum Gasteiger partial charge on any atom is -0.474 e. The molecule has 2 fully saturated rings. The fourth-order valence-corrected chi connectivity index (χ4v) is 4.34. The Morgan fingerprint density at radius 3 is 2.74 bits per heavy atom. The summed E-state index contributed by atoms with van der Waals surface area (Å²) >= 11 is 0. The first-order valence-corrected chi connectivity index (χ1v) is 10.6. The Bertz CT molecular complexity index is 936. The number of aliphatic hydroxyl groups excluding tert-OH is 1. The summed E-state index contributed by atoms with van der Waals surface area (Å²) in [6.07, 6.45) is 7.36. The minimum atomic E-state index is -0.526. The van der Waals surface area contributed by atoms with Crippen LogP contribution in [0.5, 0.6) is 5.88 Å². The maximum absolute atomic E-state index is 11.5. The number of carbonyl (C=O) groups excluding carboxylic acids is 1. The maximum Gasteiger partial charge on any atom is 0.254 e. The van der Waals surface area contributed by atoms with Gasteiger partial charge in [-0.3, -0.25) is 4.79 Å². The molecule has 9 nitrogen and oxygen atoms in total. The third-order valence-corrected chi connectivity index (χ3v) is 6.16. The lowest BCUT2D eigenvalue weighted by Gasteiger charge is -2.57. The third kappa shape index (κ3) is 4.87. The Balaban J connectivity index is 1.24. The number of nitrogens with one attached hydrogen (secondary N) is 2. The van der Waals surface area contributed by atoms with Crippen molar-refractivity contribution in [2.24, 2.45) is 16.6 Å². The molecule has 9 heteroatoms. The number of aromatic nitrogens is 3. The van der Waals surface area contributed by atoms with Gasteiger partial charge in [-0.05, 0) is 49.3 Å². The molecule has 0 atom stereocenters. The first-order valence-electron chi connectivity index (χ1n) is 10.6. The summed E-state index contributed by atoms with van der Waals surface area (Å²) in [7, 11) is 0. The second kappa shape index (κ2) is 8.30. The molecule has 166 valence electrons. The van der Waals surface area contributed by atoms with E-state index in [1.54, 1.807) is 24.5 Å². The number of hydrogen-bond acceptors (Lipinski definition) is 8. The Morgan fingerprint density at radius 1 is 1.26 bits per heavy atom. The zero-order valence-electron chi connectivity index (χ0n) is 18.0. The number of nitrogens with two attached hydrogens (primary N) is 1. The molecule has 2 aliphatic carbocycles. The lowest BCUT2D eigenvalue weighted by atomic mass is 9.53. The van der Waals surface area contributed by atoms with E-state index >= 15 is 0 Å². The Kier molecular flexibility index (Phi) is 5.70. The fraction of sp³-hybridized carbons (Fsp3) is 0.545. The summed E-state index contributed by atoms with van der Waals surface area (Å²) < 4.78 is 5.92. The SMILES string of the molecule is CC(C)(CO)CNc1ccnc(NC2CC3(C2)CC(Oc2ncccc2C(N)=O)C3)n1. The molecular formula is C22H30N6O3. The summed E-state index contributed by atoms with van der Waals surface area (Å²) in [4.78, 5) is 24.5. The molecule has 0 saturated heterocycles. The number of primary amides is 1. The van der Waals surface area contributed by atoms with Crippen molar-refractivity contribution in [1.29, 1.82) is 0 Å². The van der Waals surface area contributed by atoms with Gasteiger partial charge >= 0.3 is 0 Å². The number of anilines is 2. The van der Waals surface area contributed by atoms with E-state index in [4.69, 9.17) is 10.5 Å². The molecule has 0 radical (unpaired) electrons. The van der Waals surface area contributed by atoms with Crippen LogP contribution in [0, 0.1) is 10.8 Å². The van der Waals surface area contributed by atoms with Crippen molar-refractivity contribution in [1.82, 2.24) is 15.0 Å². The zero-order chi connectivity index (χ0) is 22.1. The lowest BCUT2D eigenvalue weighted by Crippen LogP contribution is -2.56. The molecule has 0 unspecified atom stereocenters. The average molecular weight is 427 g/mol. The normalized spacial score (nSPS) is 24.7. The molecule has 2 heterocycles. The standard InChI is InChI=1S/C22H30N6O3/c1-21(2,13-29)12-26-17-5-7-25-20(28-17)27-14-8-22(9-14)10-15(11-22)31-19-16(18(23)30)4-3-6-24-19/h3-7,14-15,29H,8-13H2,1-2H3,(H2,23,30)(H2,25,26,27,28). The van der Waals surface area contributed by atoms with Crippen LogP contribution in [0.1, 0.15) is 49.9 Å². The van der Waals surface area contributed by atoms with E-state index in [-0.39, 0.29) is 23.5 Å². The number of pyridine rings is 1. The second-order valence-corrected chi connectivity index (χ2v) is 9.56. The van der Waals surface area contributed by atoms with E-state index in [0.29, 0.717) is 30.0 Å². The van der Waals surface area contributed by atoms with Crippen molar-refractivity contribution >= 4 is 17.7 Å². The van der Waals surface area contributed by atoms with Gasteiger partial charge in [0.05, 0.1) is 0 Å². The van der Waals surface area contributed by atoms with Crippen LogP contribution in [0.4, 0.5) is 11.8 Å². The van der Waals surface area contributed by atoms with E-state index in [0.717, 1.165) is 31.5 Å². The molecule has 2 aromatic rings. The highest BCUT2D eigenvalue weighted by Gasteiger charge is 2.54. The van der Waals surface area contributed by atoms with Gasteiger partial charge in [0, 0.05) is 37.0 Å². The Morgan fingerprint density at radius 2 is 2.03 bits per heavy atom. The minimum absolute atomic E-state index is 0.0626. The van der Waals surface area contributed by atoms with Crippen LogP contribution in [0.2, 0.25) is 0 Å². The molecule has 0 aromatic carbocycles. The van der Waals surface area contributed by atoms with E-state index in [2.05, 4.69) is 25.6 Å². The molecule has 4 rings (SSSR count). The number of rotatable bonds is 9. The topological polar surface area (TPSA) is 135 Å². The van der Waals surface area contributed by atoms with E-state index in [9.17, 15) is 9.90 Å². The maximum atomic E-state index is 11.5. The summed E-state index contributed by atoms with van der Waals surface area (Å²) in [5, 5.41) is 16.1. The van der Waals surface area contributed by atoms with Gasteiger partial charge in [-0.15, -0.1) is 0 Å². The van der Waals surface area contributed by atoms with Crippen LogP contribution in [0.3, 0.4) is 0 Å². The van der Waals surface area contributed by atoms with Gasteiger partial charge < -0.3 is 26.2 Å². The fourth-order valence-electron chi connectivity index (χ4n) is 4.34. The van der Waals surface area contributed by atoms with Crippen LogP contribution in [0.25, 0.3) is 0 Å². The molecular weight excluding hydrogens is 396 g/mol. The van der Waals surface area contributed by atoms with Crippen LogP contribution in [0.15, 0.2) is 30.6 Å². The van der Waals surface area contributed by atoms with Crippen molar-refractivity contribution in [3.8, 4) is 5.88 Å². The van der Waals surface area contributed by atoms with Gasteiger partial charge in [0.25, 0.3) is 5.91 Å². The first-order chi connectivity index (χ1) is 14.8. The largest absolute Gasteiger partial charge is 0.474 e. The van der Waals surface area contributed by atoms with Crippen LogP contribution in [-0.4, -0.2) is 51.3 Å². The summed E-state index contributed by atoms with van der Waals surface area (Å²) in [5.41, 5.74) is 5.79. The Hall–Kier alpha value is -2.94. The third-order valence-electron chi connectivity index (χ3n) is 6.16. The van der Waals surface area contributed by atoms with E-state index < -0.39 is 5.91 Å². The number of carbonyl (C=O) groups is 1. The molecule has 2 saturated carbocycles. The van der Waals surface area contributed by atoms with Gasteiger partial charge in [0.2, 0.25) is 11.8 Å². The molecule has 0 aliphatic heterocycles. The highest BCUT2D eigenvalue weighted by Crippen LogP contribution is 2.57. The summed E-state index contributed by atoms with van der Waals surface area (Å²) in [5.74, 6) is 1.15. The predicted molar refractivity (Wildman–Crippen MR) is 117 cm³/mol. The monoisotopic (exact) mass is 426 g/mol. The predicted octanol–water partition coefficient (Wildman–Crippen LogP) is 2.20. The molecule has 5 N–H and O–H groups in total. The van der Waals surface area contributed by atoms with Gasteiger partial charge in [0.15, 0.2) is 0 Å². The van der Waals surface area contributed by atoms with Crippen molar-refractivity contribution in [2.45, 2.75) is 51.7 Å². The average Bonchev–Trinajstić information content (AvgIpc) is 2.70. The molecule has 2 aliphatic rings. The number of aliphatic hydroxyl groups is 1. The van der Waals surface area contributed by atoms with Crippen molar-refractivity contribution in [3.63, 3.8) is 0 Å². The van der Waals surface area contributed by atoms with Crippen molar-refractivity contribution < 1.29 is 14.6 Å². The number of ether oxygens (including phenoxy) is 1. The van der Waals surface area contributed by atoms with Gasteiger partial charge in [-0.25, -0.2) is 9.97 Å². The van der Waals surface area contributed by atoms with Crippen molar-refractivity contribution in [2.75, 3.05) is 23.8 Å². The van der Waals surface area contributed by atoms with Crippen LogP contribution in [-0.2, 0) is 0 Å². The molecule has 0 bridgehead atoms.